The van der Waals surface area contributed by atoms with Crippen LogP contribution >= 0.6 is 0 Å². The SMILES string of the molecule is COc1ccc(S(=O)(=O)C(C)C)cc1Nc1ncc(-c2cccc(-c3ccccn3)c2)o1. The molecule has 8 heteroatoms. The first-order chi connectivity index (χ1) is 15.4. The summed E-state index contributed by atoms with van der Waals surface area (Å²) >= 11 is 0. The van der Waals surface area contributed by atoms with Crippen molar-refractivity contribution in [2.45, 2.75) is 24.0 Å². The van der Waals surface area contributed by atoms with Gasteiger partial charge in [0.05, 0.1) is 34.8 Å². The third-order valence-electron chi connectivity index (χ3n) is 4.98. The van der Waals surface area contributed by atoms with Gasteiger partial charge in [-0.05, 0) is 50.2 Å². The lowest BCUT2D eigenvalue weighted by Crippen LogP contribution is -2.14. The summed E-state index contributed by atoms with van der Waals surface area (Å²) in [7, 11) is -1.92. The number of methoxy groups -OCH3 is 1. The largest absolute Gasteiger partial charge is 0.495 e. The second-order valence-corrected chi connectivity index (χ2v) is 9.91. The zero-order valence-electron chi connectivity index (χ0n) is 17.9. The lowest BCUT2D eigenvalue weighted by Gasteiger charge is -2.13. The second kappa shape index (κ2) is 8.84. The number of ether oxygens (including phenoxy) is 1. The molecule has 0 fully saturated rings. The molecule has 0 amide bonds. The molecule has 7 nitrogen and oxygen atoms in total. The minimum absolute atomic E-state index is 0.200. The highest BCUT2D eigenvalue weighted by atomic mass is 32.2. The predicted molar refractivity (Wildman–Crippen MR) is 124 cm³/mol. The van der Waals surface area contributed by atoms with Gasteiger partial charge in [0.15, 0.2) is 15.6 Å². The number of benzene rings is 2. The first kappa shape index (κ1) is 21.6. The number of aromatic nitrogens is 2. The molecule has 0 aliphatic heterocycles. The van der Waals surface area contributed by atoms with E-state index in [0.717, 1.165) is 16.8 Å². The van der Waals surface area contributed by atoms with Crippen molar-refractivity contribution in [1.82, 2.24) is 9.97 Å². The van der Waals surface area contributed by atoms with Crippen LogP contribution in [-0.2, 0) is 9.84 Å². The molecule has 0 spiro atoms. The van der Waals surface area contributed by atoms with Gasteiger partial charge >= 0.3 is 0 Å². The van der Waals surface area contributed by atoms with E-state index in [9.17, 15) is 8.42 Å². The Labute approximate surface area is 187 Å². The smallest absolute Gasteiger partial charge is 0.299 e. The second-order valence-electron chi connectivity index (χ2n) is 7.41. The van der Waals surface area contributed by atoms with Gasteiger partial charge in [-0.25, -0.2) is 13.4 Å². The van der Waals surface area contributed by atoms with Crippen LogP contribution in [0.3, 0.4) is 0 Å². The molecule has 1 N–H and O–H groups in total. The summed E-state index contributed by atoms with van der Waals surface area (Å²) < 4.78 is 36.4. The number of oxazole rings is 1. The van der Waals surface area contributed by atoms with E-state index in [1.54, 1.807) is 32.3 Å². The maximum atomic E-state index is 12.6. The quantitative estimate of drug-likeness (QED) is 0.407. The van der Waals surface area contributed by atoms with Crippen LogP contribution in [0.1, 0.15) is 13.8 Å². The molecule has 2 aromatic heterocycles. The van der Waals surface area contributed by atoms with Crippen molar-refractivity contribution in [1.29, 1.82) is 0 Å². The zero-order valence-corrected chi connectivity index (χ0v) is 18.8. The Morgan fingerprint density at radius 3 is 2.50 bits per heavy atom. The summed E-state index contributed by atoms with van der Waals surface area (Å²) in [6.07, 6.45) is 3.36. The van der Waals surface area contributed by atoms with Crippen molar-refractivity contribution in [2.24, 2.45) is 0 Å². The molecule has 2 aromatic carbocycles. The Morgan fingerprint density at radius 1 is 0.969 bits per heavy atom. The molecule has 2 heterocycles. The Hall–Kier alpha value is -3.65. The maximum Gasteiger partial charge on any atom is 0.299 e. The number of sulfone groups is 1. The fourth-order valence-electron chi connectivity index (χ4n) is 3.18. The van der Waals surface area contributed by atoms with Crippen LogP contribution in [0, 0.1) is 0 Å². The highest BCUT2D eigenvalue weighted by Gasteiger charge is 2.21. The lowest BCUT2D eigenvalue weighted by molar-refractivity contribution is 0.416. The van der Waals surface area contributed by atoms with Gasteiger partial charge in [-0.15, -0.1) is 0 Å². The Balaban J connectivity index is 1.63. The topological polar surface area (TPSA) is 94.3 Å². The molecule has 0 saturated carbocycles. The highest BCUT2D eigenvalue weighted by Crippen LogP contribution is 2.33. The third-order valence-corrected chi connectivity index (χ3v) is 7.13. The number of nitrogens with one attached hydrogen (secondary N) is 1. The van der Waals surface area contributed by atoms with E-state index in [1.807, 2.05) is 42.5 Å². The molecule has 0 unspecified atom stereocenters. The first-order valence-corrected chi connectivity index (χ1v) is 11.6. The van der Waals surface area contributed by atoms with Crippen LogP contribution in [0.25, 0.3) is 22.6 Å². The molecule has 0 aliphatic carbocycles. The molecule has 4 aromatic rings. The van der Waals surface area contributed by atoms with Crippen molar-refractivity contribution < 1.29 is 17.6 Å². The van der Waals surface area contributed by atoms with Gasteiger partial charge in [-0.1, -0.05) is 24.3 Å². The minimum atomic E-state index is -3.44. The van der Waals surface area contributed by atoms with Crippen molar-refractivity contribution in [3.8, 4) is 28.3 Å². The zero-order chi connectivity index (χ0) is 22.7. The number of hydrogen-bond donors (Lipinski definition) is 1. The average Bonchev–Trinajstić information content (AvgIpc) is 3.28. The van der Waals surface area contributed by atoms with Crippen LogP contribution in [0.2, 0.25) is 0 Å². The summed E-state index contributed by atoms with van der Waals surface area (Å²) in [5.41, 5.74) is 3.11. The summed E-state index contributed by atoms with van der Waals surface area (Å²) in [5.74, 6) is 1.04. The number of anilines is 2. The number of hydrogen-bond acceptors (Lipinski definition) is 7. The van der Waals surface area contributed by atoms with E-state index in [0.29, 0.717) is 17.2 Å². The van der Waals surface area contributed by atoms with Crippen LogP contribution in [-0.4, -0.2) is 30.7 Å². The van der Waals surface area contributed by atoms with E-state index in [2.05, 4.69) is 15.3 Å². The molecular weight excluding hydrogens is 426 g/mol. The molecule has 0 saturated heterocycles. The standard InChI is InChI=1S/C24H23N3O4S/c1-16(2)32(28,29)19-10-11-22(30-3)21(14-19)27-24-26-15-23(31-24)18-8-6-7-17(13-18)20-9-4-5-12-25-20/h4-16H,1-3H3,(H,26,27). The highest BCUT2D eigenvalue weighted by molar-refractivity contribution is 7.92. The average molecular weight is 450 g/mol. The van der Waals surface area contributed by atoms with Crippen LogP contribution in [0.15, 0.2) is 82.4 Å². The molecule has 4 rings (SSSR count). The number of nitrogens with zero attached hydrogens (tertiary/aromatic N) is 2. The lowest BCUT2D eigenvalue weighted by atomic mass is 10.1. The van der Waals surface area contributed by atoms with E-state index in [4.69, 9.17) is 9.15 Å². The number of pyridine rings is 1. The number of rotatable bonds is 7. The Bertz CT molecular complexity index is 1330. The molecule has 0 aliphatic rings. The maximum absolute atomic E-state index is 12.6. The molecule has 0 atom stereocenters. The van der Waals surface area contributed by atoms with Crippen LogP contribution in [0.5, 0.6) is 5.75 Å². The van der Waals surface area contributed by atoms with E-state index in [1.165, 1.54) is 19.2 Å². The normalized spacial score (nSPS) is 11.5. The van der Waals surface area contributed by atoms with E-state index < -0.39 is 15.1 Å². The van der Waals surface area contributed by atoms with Gasteiger partial charge in [-0.2, -0.15) is 0 Å². The third kappa shape index (κ3) is 4.36. The summed E-state index contributed by atoms with van der Waals surface area (Å²) in [6, 6.07) is 18.4. The summed E-state index contributed by atoms with van der Waals surface area (Å²) in [6.45, 7) is 3.29. The van der Waals surface area contributed by atoms with E-state index in [-0.39, 0.29) is 10.9 Å². The van der Waals surface area contributed by atoms with Crippen molar-refractivity contribution in [3.05, 3.63) is 73.1 Å². The fraction of sp³-hybridized carbons (Fsp3) is 0.167. The molecule has 32 heavy (non-hydrogen) atoms. The van der Waals surface area contributed by atoms with E-state index >= 15 is 0 Å². The summed E-state index contributed by atoms with van der Waals surface area (Å²) in [4.78, 5) is 8.88. The molecule has 0 bridgehead atoms. The van der Waals surface area contributed by atoms with Gasteiger partial charge < -0.3 is 14.5 Å². The minimum Gasteiger partial charge on any atom is -0.495 e. The Morgan fingerprint density at radius 2 is 1.78 bits per heavy atom. The van der Waals surface area contributed by atoms with Gasteiger partial charge in [0, 0.05) is 17.3 Å². The van der Waals surface area contributed by atoms with Crippen molar-refractivity contribution >= 4 is 21.5 Å². The van der Waals surface area contributed by atoms with Crippen LogP contribution < -0.4 is 10.1 Å². The van der Waals surface area contributed by atoms with Crippen molar-refractivity contribution in [2.75, 3.05) is 12.4 Å². The van der Waals surface area contributed by atoms with Crippen molar-refractivity contribution in [3.63, 3.8) is 0 Å². The summed E-state index contributed by atoms with van der Waals surface area (Å²) in [5, 5.41) is 2.49. The molecular formula is C24H23N3O4S. The van der Waals surface area contributed by atoms with Gasteiger partial charge in [-0.3, -0.25) is 4.98 Å². The fourth-order valence-corrected chi connectivity index (χ4v) is 4.26. The molecule has 0 radical (unpaired) electrons. The first-order valence-electron chi connectivity index (χ1n) is 10.0. The predicted octanol–water partition coefficient (Wildman–Crippen LogP) is 5.34. The van der Waals surface area contributed by atoms with Gasteiger partial charge in [0.1, 0.15) is 5.75 Å². The van der Waals surface area contributed by atoms with Gasteiger partial charge in [0.2, 0.25) is 0 Å². The Kier molecular flexibility index (Phi) is 5.96. The van der Waals surface area contributed by atoms with Crippen LogP contribution in [0.4, 0.5) is 11.7 Å². The van der Waals surface area contributed by atoms with Gasteiger partial charge in [0.25, 0.3) is 6.01 Å². The molecule has 164 valence electrons. The monoisotopic (exact) mass is 449 g/mol.